The number of hydrogen-bond acceptors (Lipinski definition) is 4. The Bertz CT molecular complexity index is 843. The van der Waals surface area contributed by atoms with Gasteiger partial charge in [0.1, 0.15) is 5.82 Å². The molecule has 2 heterocycles. The summed E-state index contributed by atoms with van der Waals surface area (Å²) in [4.78, 5) is 21.6. The van der Waals surface area contributed by atoms with Crippen molar-refractivity contribution in [1.82, 2.24) is 15.0 Å². The molecule has 0 atom stereocenters. The SMILES string of the molecule is O=[N+]([O-])c1cccc(-c2cnc(-c3c(Cl)cncc3Cl)[nH]2)c1. The molecule has 110 valence electrons. The average Bonchev–Trinajstić information content (AvgIpc) is 2.97. The molecule has 22 heavy (non-hydrogen) atoms. The zero-order valence-corrected chi connectivity index (χ0v) is 12.5. The van der Waals surface area contributed by atoms with E-state index in [9.17, 15) is 10.1 Å². The van der Waals surface area contributed by atoms with Gasteiger partial charge in [0.2, 0.25) is 0 Å². The molecule has 3 rings (SSSR count). The Morgan fingerprint density at radius 1 is 1.14 bits per heavy atom. The number of hydrogen-bond donors (Lipinski definition) is 1. The molecule has 0 amide bonds. The Labute approximate surface area is 134 Å². The second kappa shape index (κ2) is 5.75. The van der Waals surface area contributed by atoms with Crippen molar-refractivity contribution < 1.29 is 4.92 Å². The van der Waals surface area contributed by atoms with Crippen molar-refractivity contribution in [1.29, 1.82) is 0 Å². The van der Waals surface area contributed by atoms with Crippen LogP contribution < -0.4 is 0 Å². The number of benzene rings is 1. The minimum atomic E-state index is -0.447. The lowest BCUT2D eigenvalue weighted by atomic mass is 10.1. The summed E-state index contributed by atoms with van der Waals surface area (Å²) in [5, 5.41) is 11.6. The molecule has 0 aliphatic heterocycles. The third-order valence-electron chi connectivity index (χ3n) is 3.03. The molecule has 6 nitrogen and oxygen atoms in total. The summed E-state index contributed by atoms with van der Waals surface area (Å²) in [7, 11) is 0. The largest absolute Gasteiger partial charge is 0.338 e. The van der Waals surface area contributed by atoms with Gasteiger partial charge >= 0.3 is 0 Å². The molecule has 0 unspecified atom stereocenters. The quantitative estimate of drug-likeness (QED) is 0.569. The molecule has 1 N–H and O–H groups in total. The van der Waals surface area contributed by atoms with E-state index in [1.165, 1.54) is 24.5 Å². The fourth-order valence-corrected chi connectivity index (χ4v) is 2.56. The van der Waals surface area contributed by atoms with Gasteiger partial charge in [-0.15, -0.1) is 0 Å². The number of aromatic amines is 1. The number of nitro benzene ring substituents is 1. The first-order chi connectivity index (χ1) is 10.6. The Balaban J connectivity index is 2.05. The Kier molecular flexibility index (Phi) is 3.79. The van der Waals surface area contributed by atoms with Crippen molar-refractivity contribution in [3.63, 3.8) is 0 Å². The maximum absolute atomic E-state index is 10.8. The Hall–Kier alpha value is -2.44. The van der Waals surface area contributed by atoms with Gasteiger partial charge in [0, 0.05) is 30.1 Å². The summed E-state index contributed by atoms with van der Waals surface area (Å²) >= 11 is 12.2. The number of H-pyrrole nitrogens is 1. The molecule has 8 heteroatoms. The molecule has 0 spiro atoms. The number of pyridine rings is 1. The van der Waals surface area contributed by atoms with Gasteiger partial charge in [-0.2, -0.15) is 0 Å². The van der Waals surface area contributed by atoms with Gasteiger partial charge in [-0.25, -0.2) is 4.98 Å². The molecular formula is C14H8Cl2N4O2. The van der Waals surface area contributed by atoms with Gasteiger partial charge in [0.05, 0.1) is 32.4 Å². The monoisotopic (exact) mass is 334 g/mol. The van der Waals surface area contributed by atoms with Gasteiger partial charge in [0.15, 0.2) is 0 Å². The maximum Gasteiger partial charge on any atom is 0.270 e. The standard InChI is InChI=1S/C14H8Cl2N4O2/c15-10-5-17-6-11(16)13(10)14-18-7-12(19-14)8-2-1-3-9(4-8)20(21)22/h1-7H,(H,18,19). The second-order valence-electron chi connectivity index (χ2n) is 4.43. The van der Waals surface area contributed by atoms with Crippen LogP contribution in [0, 0.1) is 10.1 Å². The summed E-state index contributed by atoms with van der Waals surface area (Å²) < 4.78 is 0. The number of halogens is 2. The first kappa shape index (κ1) is 14.5. The summed E-state index contributed by atoms with van der Waals surface area (Å²) in [5.74, 6) is 0.471. The third kappa shape index (κ3) is 2.66. The molecule has 0 saturated carbocycles. The molecule has 0 aliphatic carbocycles. The Morgan fingerprint density at radius 3 is 2.55 bits per heavy atom. The highest BCUT2D eigenvalue weighted by Gasteiger charge is 2.14. The normalized spacial score (nSPS) is 10.6. The number of nitrogens with zero attached hydrogens (tertiary/aromatic N) is 3. The van der Waals surface area contributed by atoms with Gasteiger partial charge < -0.3 is 4.98 Å². The van der Waals surface area contributed by atoms with Crippen LogP contribution in [0.2, 0.25) is 10.0 Å². The van der Waals surface area contributed by atoms with Gasteiger partial charge in [0.25, 0.3) is 5.69 Å². The van der Waals surface area contributed by atoms with E-state index in [1.54, 1.807) is 18.3 Å². The van der Waals surface area contributed by atoms with Crippen LogP contribution in [-0.4, -0.2) is 19.9 Å². The van der Waals surface area contributed by atoms with Crippen LogP contribution in [-0.2, 0) is 0 Å². The van der Waals surface area contributed by atoms with Crippen molar-refractivity contribution >= 4 is 28.9 Å². The van der Waals surface area contributed by atoms with Crippen molar-refractivity contribution in [2.24, 2.45) is 0 Å². The number of imidazole rings is 1. The lowest BCUT2D eigenvalue weighted by Crippen LogP contribution is -1.88. The number of aromatic nitrogens is 3. The van der Waals surface area contributed by atoms with Crippen LogP contribution >= 0.6 is 23.2 Å². The van der Waals surface area contributed by atoms with Crippen LogP contribution in [0.1, 0.15) is 0 Å². The number of nitro groups is 1. The number of non-ortho nitro benzene ring substituents is 1. The van der Waals surface area contributed by atoms with Gasteiger partial charge in [-0.1, -0.05) is 35.3 Å². The predicted molar refractivity (Wildman–Crippen MR) is 83.9 cm³/mol. The van der Waals surface area contributed by atoms with E-state index in [-0.39, 0.29) is 5.69 Å². The first-order valence-electron chi connectivity index (χ1n) is 6.15. The van der Waals surface area contributed by atoms with Crippen LogP contribution in [0.4, 0.5) is 5.69 Å². The molecule has 2 aromatic heterocycles. The second-order valence-corrected chi connectivity index (χ2v) is 5.25. The number of nitrogens with one attached hydrogen (secondary N) is 1. The summed E-state index contributed by atoms with van der Waals surface area (Å²) in [6.07, 6.45) is 4.51. The molecule has 0 bridgehead atoms. The molecule has 0 saturated heterocycles. The van der Waals surface area contributed by atoms with Crippen LogP contribution in [0.3, 0.4) is 0 Å². The summed E-state index contributed by atoms with van der Waals surface area (Å²) in [5.41, 5.74) is 1.82. The van der Waals surface area contributed by atoms with E-state index in [2.05, 4.69) is 15.0 Å². The molecule has 0 radical (unpaired) electrons. The van der Waals surface area contributed by atoms with Crippen molar-refractivity contribution in [3.05, 3.63) is 63.0 Å². The average molecular weight is 335 g/mol. The molecule has 0 aliphatic rings. The molecular weight excluding hydrogens is 327 g/mol. The fourth-order valence-electron chi connectivity index (χ4n) is 2.02. The zero-order chi connectivity index (χ0) is 15.7. The highest BCUT2D eigenvalue weighted by atomic mass is 35.5. The van der Waals surface area contributed by atoms with Crippen molar-refractivity contribution in [2.75, 3.05) is 0 Å². The highest BCUT2D eigenvalue weighted by Crippen LogP contribution is 2.33. The number of rotatable bonds is 3. The van der Waals surface area contributed by atoms with Gasteiger partial charge in [-0.05, 0) is 0 Å². The van der Waals surface area contributed by atoms with E-state index < -0.39 is 4.92 Å². The lowest BCUT2D eigenvalue weighted by Gasteiger charge is -2.02. The fraction of sp³-hybridized carbons (Fsp3) is 0. The van der Waals surface area contributed by atoms with Crippen LogP contribution in [0.5, 0.6) is 0 Å². The summed E-state index contributed by atoms with van der Waals surface area (Å²) in [6, 6.07) is 6.25. The van der Waals surface area contributed by atoms with Crippen LogP contribution in [0.25, 0.3) is 22.6 Å². The minimum Gasteiger partial charge on any atom is -0.338 e. The maximum atomic E-state index is 10.8. The smallest absolute Gasteiger partial charge is 0.270 e. The van der Waals surface area contributed by atoms with E-state index >= 15 is 0 Å². The topological polar surface area (TPSA) is 84.7 Å². The van der Waals surface area contributed by atoms with Crippen LogP contribution in [0.15, 0.2) is 42.9 Å². The lowest BCUT2D eigenvalue weighted by molar-refractivity contribution is -0.384. The molecule has 3 aromatic rings. The van der Waals surface area contributed by atoms with E-state index in [4.69, 9.17) is 23.2 Å². The molecule has 1 aromatic carbocycles. The third-order valence-corrected chi connectivity index (χ3v) is 3.61. The summed E-state index contributed by atoms with van der Waals surface area (Å²) in [6.45, 7) is 0. The van der Waals surface area contributed by atoms with E-state index in [0.29, 0.717) is 32.7 Å². The highest BCUT2D eigenvalue weighted by molar-refractivity contribution is 6.38. The van der Waals surface area contributed by atoms with Crippen molar-refractivity contribution in [2.45, 2.75) is 0 Å². The van der Waals surface area contributed by atoms with Crippen molar-refractivity contribution in [3.8, 4) is 22.6 Å². The molecule has 0 fully saturated rings. The minimum absolute atomic E-state index is 0.00799. The zero-order valence-electron chi connectivity index (χ0n) is 11.0. The van der Waals surface area contributed by atoms with E-state index in [0.717, 1.165) is 0 Å². The predicted octanol–water partition coefficient (Wildman–Crippen LogP) is 4.35. The van der Waals surface area contributed by atoms with Gasteiger partial charge in [-0.3, -0.25) is 15.1 Å². The van der Waals surface area contributed by atoms with E-state index in [1.807, 2.05) is 0 Å². The first-order valence-corrected chi connectivity index (χ1v) is 6.91. The Morgan fingerprint density at radius 2 is 1.86 bits per heavy atom.